The van der Waals surface area contributed by atoms with Gasteiger partial charge in [0.1, 0.15) is 12.1 Å². The maximum absolute atomic E-state index is 13.0. The van der Waals surface area contributed by atoms with Crippen LogP contribution in [0.25, 0.3) is 0 Å². The van der Waals surface area contributed by atoms with E-state index in [4.69, 9.17) is 10.5 Å². The number of carbonyl (C=O) groups is 3. The zero-order valence-corrected chi connectivity index (χ0v) is 17.1. The van der Waals surface area contributed by atoms with Gasteiger partial charge in [-0.2, -0.15) is 0 Å². The number of likely N-dealkylation sites (N-methyl/N-ethyl adjacent to an activating group) is 2. The fourth-order valence-electron chi connectivity index (χ4n) is 2.64. The fraction of sp³-hybridized carbons (Fsp3) is 0.824. The lowest BCUT2D eigenvalue weighted by molar-refractivity contribution is -0.481. The monoisotopic (exact) mass is 388 g/mol. The van der Waals surface area contributed by atoms with Crippen molar-refractivity contribution in [2.24, 2.45) is 5.73 Å². The van der Waals surface area contributed by atoms with Crippen LogP contribution in [0.15, 0.2) is 0 Å². The Kier molecular flexibility index (Phi) is 9.91. The molecule has 0 aromatic carbocycles. The number of primary amides is 1. The van der Waals surface area contributed by atoms with Crippen molar-refractivity contribution in [1.82, 2.24) is 9.80 Å². The van der Waals surface area contributed by atoms with E-state index in [9.17, 15) is 24.5 Å². The summed E-state index contributed by atoms with van der Waals surface area (Å²) in [6.45, 7) is 4.85. The number of methoxy groups -OCH3 is 1. The topological polar surface area (TPSA) is 136 Å². The molecule has 10 nitrogen and oxygen atoms in total. The van der Waals surface area contributed by atoms with Crippen molar-refractivity contribution in [2.75, 3.05) is 27.7 Å². The highest BCUT2D eigenvalue weighted by atomic mass is 16.6. The standard InChI is InChI=1S/C17H32N4O6/c1-7-8-14(22)19(4)12(9-10-21(25)26)16(24)20(5)13(15(18)23)11-17(2,3)27-6/h12-13H,7-11H2,1-6H3,(H2,18,23)/t12?,13-/m0/s1. The van der Waals surface area contributed by atoms with Gasteiger partial charge in [0.25, 0.3) is 0 Å². The lowest BCUT2D eigenvalue weighted by Gasteiger charge is -2.36. The second-order valence-electron chi connectivity index (χ2n) is 7.15. The Morgan fingerprint density at radius 3 is 2.15 bits per heavy atom. The van der Waals surface area contributed by atoms with Crippen LogP contribution in [0.1, 0.15) is 46.5 Å². The van der Waals surface area contributed by atoms with E-state index in [1.807, 2.05) is 6.92 Å². The van der Waals surface area contributed by atoms with E-state index in [-0.39, 0.29) is 25.2 Å². The Balaban J connectivity index is 5.60. The minimum Gasteiger partial charge on any atom is -0.379 e. The van der Waals surface area contributed by atoms with E-state index < -0.39 is 41.0 Å². The zero-order valence-electron chi connectivity index (χ0n) is 17.1. The third kappa shape index (κ3) is 7.90. The summed E-state index contributed by atoms with van der Waals surface area (Å²) in [5, 5.41) is 10.8. The van der Waals surface area contributed by atoms with Crippen molar-refractivity contribution in [3.05, 3.63) is 10.1 Å². The van der Waals surface area contributed by atoms with E-state index in [1.165, 1.54) is 26.1 Å². The fourth-order valence-corrected chi connectivity index (χ4v) is 2.64. The Labute approximate surface area is 160 Å². The van der Waals surface area contributed by atoms with Crippen LogP contribution in [0, 0.1) is 10.1 Å². The molecule has 2 atom stereocenters. The Hall–Kier alpha value is -2.23. The first-order valence-electron chi connectivity index (χ1n) is 8.86. The van der Waals surface area contributed by atoms with Crippen molar-refractivity contribution in [1.29, 1.82) is 0 Å². The highest BCUT2D eigenvalue weighted by Gasteiger charge is 2.37. The number of rotatable bonds is 12. The second-order valence-corrected chi connectivity index (χ2v) is 7.15. The van der Waals surface area contributed by atoms with Gasteiger partial charge in [0.05, 0.1) is 5.60 Å². The Bertz CT molecular complexity index is 552. The molecule has 0 aliphatic carbocycles. The van der Waals surface area contributed by atoms with Crippen molar-refractivity contribution in [2.45, 2.75) is 64.1 Å². The normalized spacial score (nSPS) is 13.6. The number of hydrogen-bond acceptors (Lipinski definition) is 6. The lowest BCUT2D eigenvalue weighted by Crippen LogP contribution is -2.55. The first kappa shape index (κ1) is 24.8. The van der Waals surface area contributed by atoms with Crippen molar-refractivity contribution in [3.63, 3.8) is 0 Å². The summed E-state index contributed by atoms with van der Waals surface area (Å²) < 4.78 is 5.31. The highest BCUT2D eigenvalue weighted by Crippen LogP contribution is 2.20. The van der Waals surface area contributed by atoms with Crippen molar-refractivity contribution >= 4 is 17.7 Å². The first-order chi connectivity index (χ1) is 12.4. The molecule has 10 heteroatoms. The van der Waals surface area contributed by atoms with E-state index in [1.54, 1.807) is 13.8 Å². The van der Waals surface area contributed by atoms with Crippen LogP contribution in [0.5, 0.6) is 0 Å². The summed E-state index contributed by atoms with van der Waals surface area (Å²) >= 11 is 0. The van der Waals surface area contributed by atoms with Gasteiger partial charge in [0, 0.05) is 45.4 Å². The number of nitrogens with two attached hydrogens (primary N) is 1. The van der Waals surface area contributed by atoms with Crippen LogP contribution in [-0.4, -0.2) is 77.9 Å². The van der Waals surface area contributed by atoms with Gasteiger partial charge in [-0.05, 0) is 20.3 Å². The Morgan fingerprint density at radius 1 is 1.19 bits per heavy atom. The second kappa shape index (κ2) is 10.8. The molecular formula is C17H32N4O6. The van der Waals surface area contributed by atoms with Crippen molar-refractivity contribution in [3.8, 4) is 0 Å². The predicted molar refractivity (Wildman–Crippen MR) is 99.4 cm³/mol. The van der Waals surface area contributed by atoms with Crippen LogP contribution in [0.4, 0.5) is 0 Å². The average molecular weight is 388 g/mol. The van der Waals surface area contributed by atoms with E-state index in [0.29, 0.717) is 6.42 Å². The first-order valence-corrected chi connectivity index (χ1v) is 8.86. The lowest BCUT2D eigenvalue weighted by atomic mass is 9.96. The van der Waals surface area contributed by atoms with Crippen LogP contribution in [0.2, 0.25) is 0 Å². The SMILES string of the molecule is CCCC(=O)N(C)C(CC[N+](=O)[O-])C(=O)N(C)[C@@H](CC(C)(C)OC)C(N)=O. The molecule has 0 bridgehead atoms. The summed E-state index contributed by atoms with van der Waals surface area (Å²) in [6, 6.07) is -2.02. The number of carbonyl (C=O) groups excluding carboxylic acids is 3. The van der Waals surface area contributed by atoms with Crippen molar-refractivity contribution < 1.29 is 24.0 Å². The van der Waals surface area contributed by atoms with Crippen LogP contribution in [0.3, 0.4) is 0 Å². The number of nitrogens with zero attached hydrogens (tertiary/aromatic N) is 3. The van der Waals surface area contributed by atoms with Gasteiger partial charge in [-0.25, -0.2) is 0 Å². The van der Waals surface area contributed by atoms with E-state index in [0.717, 1.165) is 4.90 Å². The number of nitro groups is 1. The van der Waals surface area contributed by atoms with Crippen LogP contribution >= 0.6 is 0 Å². The molecule has 0 saturated carbocycles. The Morgan fingerprint density at radius 2 is 1.74 bits per heavy atom. The molecule has 0 rings (SSSR count). The molecule has 0 aromatic heterocycles. The molecule has 0 saturated heterocycles. The maximum Gasteiger partial charge on any atom is 0.246 e. The quantitative estimate of drug-likeness (QED) is 0.380. The molecule has 0 aliphatic heterocycles. The minimum absolute atomic E-state index is 0.148. The average Bonchev–Trinajstić information content (AvgIpc) is 2.58. The van der Waals surface area contributed by atoms with Gasteiger partial charge in [0.15, 0.2) is 0 Å². The third-order valence-corrected chi connectivity index (χ3v) is 4.58. The minimum atomic E-state index is -1.05. The molecule has 0 heterocycles. The molecule has 0 aliphatic rings. The van der Waals surface area contributed by atoms with E-state index in [2.05, 4.69) is 0 Å². The largest absolute Gasteiger partial charge is 0.379 e. The maximum atomic E-state index is 13.0. The third-order valence-electron chi connectivity index (χ3n) is 4.58. The summed E-state index contributed by atoms with van der Waals surface area (Å²) in [7, 11) is 4.32. The number of hydrogen-bond donors (Lipinski definition) is 1. The highest BCUT2D eigenvalue weighted by molar-refractivity contribution is 5.91. The number of amides is 3. The van der Waals surface area contributed by atoms with Gasteiger partial charge < -0.3 is 20.3 Å². The molecule has 156 valence electrons. The van der Waals surface area contributed by atoms with Gasteiger partial charge in [-0.1, -0.05) is 6.92 Å². The molecule has 0 fully saturated rings. The molecule has 27 heavy (non-hydrogen) atoms. The molecule has 0 radical (unpaired) electrons. The summed E-state index contributed by atoms with van der Waals surface area (Å²) in [4.78, 5) is 49.7. The molecule has 0 spiro atoms. The van der Waals surface area contributed by atoms with Gasteiger partial charge >= 0.3 is 0 Å². The molecule has 3 amide bonds. The summed E-state index contributed by atoms with van der Waals surface area (Å²) in [6.07, 6.45) is 0.802. The van der Waals surface area contributed by atoms with Crippen LogP contribution < -0.4 is 5.73 Å². The van der Waals surface area contributed by atoms with E-state index >= 15 is 0 Å². The molecule has 1 unspecified atom stereocenters. The smallest absolute Gasteiger partial charge is 0.246 e. The molecular weight excluding hydrogens is 356 g/mol. The number of ether oxygens (including phenoxy) is 1. The summed E-state index contributed by atoms with van der Waals surface area (Å²) in [5.41, 5.74) is 4.75. The van der Waals surface area contributed by atoms with Gasteiger partial charge in [-0.3, -0.25) is 24.5 Å². The van der Waals surface area contributed by atoms with Gasteiger partial charge in [0.2, 0.25) is 24.3 Å². The summed E-state index contributed by atoms with van der Waals surface area (Å²) in [5.74, 6) is -1.58. The zero-order chi connectivity index (χ0) is 21.4. The predicted octanol–water partition coefficient (Wildman–Crippen LogP) is 0.408. The molecule has 0 aromatic rings. The molecule has 2 N–H and O–H groups in total. The van der Waals surface area contributed by atoms with Crippen LogP contribution in [-0.2, 0) is 19.1 Å². The van der Waals surface area contributed by atoms with Gasteiger partial charge in [-0.15, -0.1) is 0 Å².